The van der Waals surface area contributed by atoms with Gasteiger partial charge in [-0.15, -0.1) is 12.4 Å². The fraction of sp³-hybridized carbons (Fsp3) is 1.00. The van der Waals surface area contributed by atoms with Gasteiger partial charge in [0.05, 0.1) is 0 Å². The van der Waals surface area contributed by atoms with Crippen molar-refractivity contribution in [3.63, 3.8) is 0 Å². The highest BCUT2D eigenvalue weighted by molar-refractivity contribution is 5.85. The van der Waals surface area contributed by atoms with Crippen LogP contribution in [0.15, 0.2) is 0 Å². The Labute approximate surface area is 69.0 Å². The molecule has 0 aromatic rings. The molecular weight excluding hydrogens is 146 g/mol. The van der Waals surface area contributed by atoms with Crippen molar-refractivity contribution in [2.24, 2.45) is 5.92 Å². The molecule has 2 heteroatoms. The third-order valence-corrected chi connectivity index (χ3v) is 2.77. The second-order valence-corrected chi connectivity index (χ2v) is 3.47. The van der Waals surface area contributed by atoms with Crippen LogP contribution in [-0.4, -0.2) is 12.6 Å². The van der Waals surface area contributed by atoms with Gasteiger partial charge in [0.15, 0.2) is 0 Å². The maximum atomic E-state index is 3.55. The van der Waals surface area contributed by atoms with Crippen molar-refractivity contribution >= 4 is 12.4 Å². The molecule has 2 atom stereocenters. The molecule has 60 valence electrons. The lowest BCUT2D eigenvalue weighted by molar-refractivity contribution is 0.225. The van der Waals surface area contributed by atoms with Crippen LogP contribution >= 0.6 is 12.4 Å². The zero-order chi connectivity index (χ0) is 6.10. The van der Waals surface area contributed by atoms with Gasteiger partial charge in [-0.05, 0) is 31.7 Å². The second kappa shape index (κ2) is 3.59. The van der Waals surface area contributed by atoms with Crippen molar-refractivity contribution in [3.8, 4) is 0 Å². The Bertz CT molecular complexity index is 85.4. The summed E-state index contributed by atoms with van der Waals surface area (Å²) in [5.41, 5.74) is 0. The van der Waals surface area contributed by atoms with E-state index in [1.54, 1.807) is 0 Å². The Morgan fingerprint density at radius 3 is 2.70 bits per heavy atom. The minimum absolute atomic E-state index is 0. The van der Waals surface area contributed by atoms with Crippen molar-refractivity contribution < 1.29 is 0 Å². The summed E-state index contributed by atoms with van der Waals surface area (Å²) in [7, 11) is 0. The monoisotopic (exact) mass is 161 g/mol. The summed E-state index contributed by atoms with van der Waals surface area (Å²) in [6.45, 7) is 1.29. The van der Waals surface area contributed by atoms with E-state index in [1.165, 1.54) is 38.6 Å². The first-order valence-corrected chi connectivity index (χ1v) is 4.18. The van der Waals surface area contributed by atoms with Crippen LogP contribution < -0.4 is 5.32 Å². The van der Waals surface area contributed by atoms with Crippen LogP contribution in [0.4, 0.5) is 0 Å². The maximum absolute atomic E-state index is 3.55. The third kappa shape index (κ3) is 1.64. The van der Waals surface area contributed by atoms with Crippen molar-refractivity contribution in [2.75, 3.05) is 6.54 Å². The molecule has 1 aliphatic carbocycles. The molecule has 1 aliphatic heterocycles. The quantitative estimate of drug-likeness (QED) is 0.573. The maximum Gasteiger partial charge on any atom is 0.00697 e. The minimum Gasteiger partial charge on any atom is -0.314 e. The minimum atomic E-state index is 0. The van der Waals surface area contributed by atoms with Gasteiger partial charge in [-0.2, -0.15) is 0 Å². The van der Waals surface area contributed by atoms with Crippen LogP contribution in [0.25, 0.3) is 0 Å². The lowest BCUT2D eigenvalue weighted by Crippen LogP contribution is -2.40. The second-order valence-electron chi connectivity index (χ2n) is 3.47. The summed E-state index contributed by atoms with van der Waals surface area (Å²) >= 11 is 0. The lowest BCUT2D eigenvalue weighted by atomic mass is 9.81. The Balaban J connectivity index is 0.000000500. The number of nitrogens with one attached hydrogen (secondary N) is 1. The van der Waals surface area contributed by atoms with E-state index in [0.29, 0.717) is 0 Å². The molecule has 1 nitrogen and oxygen atoms in total. The molecule has 0 radical (unpaired) electrons. The Morgan fingerprint density at radius 2 is 2.00 bits per heavy atom. The molecule has 1 N–H and O–H groups in total. The van der Waals surface area contributed by atoms with Gasteiger partial charge in [-0.25, -0.2) is 0 Å². The fourth-order valence-electron chi connectivity index (χ4n) is 2.23. The smallest absolute Gasteiger partial charge is 0.00697 e. The first kappa shape index (κ1) is 8.35. The molecule has 1 saturated carbocycles. The Morgan fingerprint density at radius 1 is 1.10 bits per heavy atom. The molecule has 0 amide bonds. The summed E-state index contributed by atoms with van der Waals surface area (Å²) in [5.74, 6) is 1.09. The predicted molar refractivity (Wildman–Crippen MR) is 45.6 cm³/mol. The largest absolute Gasteiger partial charge is 0.314 e. The highest BCUT2D eigenvalue weighted by atomic mass is 35.5. The van der Waals surface area contributed by atoms with Crippen molar-refractivity contribution in [2.45, 2.75) is 38.1 Å². The number of piperidine rings is 1. The highest BCUT2D eigenvalue weighted by Crippen LogP contribution is 2.29. The molecular formula is C8H16ClN. The molecule has 10 heavy (non-hydrogen) atoms. The van der Waals surface area contributed by atoms with Crippen LogP contribution in [0, 0.1) is 5.92 Å². The fourth-order valence-corrected chi connectivity index (χ4v) is 2.23. The number of rotatable bonds is 0. The Kier molecular flexibility index (Phi) is 2.99. The summed E-state index contributed by atoms with van der Waals surface area (Å²) in [4.78, 5) is 0. The van der Waals surface area contributed by atoms with E-state index in [1.807, 2.05) is 0 Å². The van der Waals surface area contributed by atoms with E-state index in [0.717, 1.165) is 12.0 Å². The number of hydrogen-bond donors (Lipinski definition) is 1. The Hall–Kier alpha value is 0.250. The van der Waals surface area contributed by atoms with Gasteiger partial charge in [-0.3, -0.25) is 0 Å². The molecule has 0 aromatic carbocycles. The topological polar surface area (TPSA) is 12.0 Å². The van der Waals surface area contributed by atoms with Gasteiger partial charge in [0, 0.05) is 6.04 Å². The van der Waals surface area contributed by atoms with Crippen LogP contribution in [0.5, 0.6) is 0 Å². The third-order valence-electron chi connectivity index (χ3n) is 2.77. The average molecular weight is 162 g/mol. The van der Waals surface area contributed by atoms with E-state index in [4.69, 9.17) is 0 Å². The zero-order valence-electron chi connectivity index (χ0n) is 6.31. The lowest BCUT2D eigenvalue weighted by Gasteiger charge is -2.34. The molecule has 0 spiro atoms. The molecule has 2 rings (SSSR count). The van der Waals surface area contributed by atoms with E-state index >= 15 is 0 Å². The van der Waals surface area contributed by atoms with Gasteiger partial charge >= 0.3 is 0 Å². The highest BCUT2D eigenvalue weighted by Gasteiger charge is 2.24. The summed E-state index contributed by atoms with van der Waals surface area (Å²) in [6, 6.07) is 0.900. The standard InChI is InChI=1S/C8H15N.ClH/c1-2-7-4-5-9-8(3-1)6-7;/h7-9H,1-6H2;1H. The normalized spacial score (nSPS) is 38.4. The van der Waals surface area contributed by atoms with Crippen LogP contribution in [0.3, 0.4) is 0 Å². The average Bonchev–Trinajstić information content (AvgIpc) is 1.88. The van der Waals surface area contributed by atoms with Crippen molar-refractivity contribution in [1.82, 2.24) is 5.32 Å². The van der Waals surface area contributed by atoms with Crippen LogP contribution in [0.2, 0.25) is 0 Å². The van der Waals surface area contributed by atoms with E-state index in [2.05, 4.69) is 5.32 Å². The van der Waals surface area contributed by atoms with E-state index < -0.39 is 0 Å². The summed E-state index contributed by atoms with van der Waals surface area (Å²) in [6.07, 6.45) is 7.34. The molecule has 0 aromatic heterocycles. The molecule has 2 bridgehead atoms. The molecule has 2 unspecified atom stereocenters. The molecule has 2 aliphatic rings. The molecule has 2 fully saturated rings. The van der Waals surface area contributed by atoms with Gasteiger partial charge in [0.2, 0.25) is 0 Å². The van der Waals surface area contributed by atoms with Gasteiger partial charge < -0.3 is 5.32 Å². The number of fused-ring (bicyclic) bond motifs is 2. The first-order chi connectivity index (χ1) is 4.45. The molecule has 1 heterocycles. The molecule has 1 saturated heterocycles. The SMILES string of the molecule is C1CC2CCNC(C1)C2.Cl. The number of hydrogen-bond acceptors (Lipinski definition) is 1. The first-order valence-electron chi connectivity index (χ1n) is 4.18. The summed E-state index contributed by atoms with van der Waals surface area (Å²) < 4.78 is 0. The summed E-state index contributed by atoms with van der Waals surface area (Å²) in [5, 5.41) is 3.55. The van der Waals surface area contributed by atoms with Gasteiger partial charge in [-0.1, -0.05) is 12.8 Å². The van der Waals surface area contributed by atoms with E-state index in [-0.39, 0.29) is 12.4 Å². The van der Waals surface area contributed by atoms with E-state index in [9.17, 15) is 0 Å². The number of halogens is 1. The predicted octanol–water partition coefficient (Wildman–Crippen LogP) is 1.96. The zero-order valence-corrected chi connectivity index (χ0v) is 7.12. The van der Waals surface area contributed by atoms with Crippen molar-refractivity contribution in [3.05, 3.63) is 0 Å². The van der Waals surface area contributed by atoms with Crippen LogP contribution in [0.1, 0.15) is 32.1 Å². The van der Waals surface area contributed by atoms with Crippen molar-refractivity contribution in [1.29, 1.82) is 0 Å². The van der Waals surface area contributed by atoms with Gasteiger partial charge in [0.1, 0.15) is 0 Å². The van der Waals surface area contributed by atoms with Crippen LogP contribution in [-0.2, 0) is 0 Å². The van der Waals surface area contributed by atoms with Gasteiger partial charge in [0.25, 0.3) is 0 Å².